The Bertz CT molecular complexity index is 1620. The number of imide groups is 1. The molecular weight excluding hydrogens is 572 g/mol. The van der Waals surface area contributed by atoms with Crippen molar-refractivity contribution in [2.75, 3.05) is 11.5 Å². The third-order valence-electron chi connectivity index (χ3n) is 7.70. The van der Waals surface area contributed by atoms with Gasteiger partial charge in [-0.2, -0.15) is 0 Å². The minimum Gasteiger partial charge on any atom is -0.454 e. The molecule has 2 aliphatic rings. The molecule has 200 valence electrons. The van der Waals surface area contributed by atoms with E-state index in [1.807, 2.05) is 12.1 Å². The van der Waals surface area contributed by atoms with Gasteiger partial charge in [0.15, 0.2) is 12.4 Å². The molecule has 1 aromatic heterocycles. The van der Waals surface area contributed by atoms with Gasteiger partial charge in [0.25, 0.3) is 0 Å². The van der Waals surface area contributed by atoms with Gasteiger partial charge in [0.2, 0.25) is 11.8 Å². The number of nitrogens with zero attached hydrogens (tertiary/aromatic N) is 2. The predicted molar refractivity (Wildman–Crippen MR) is 154 cm³/mol. The van der Waals surface area contributed by atoms with Crippen molar-refractivity contribution in [2.24, 2.45) is 11.8 Å². The predicted octanol–water partition coefficient (Wildman–Crippen LogP) is 6.38. The monoisotopic (exact) mass is 596 g/mol. The van der Waals surface area contributed by atoms with E-state index in [9.17, 15) is 19.2 Å². The fourth-order valence-corrected chi connectivity index (χ4v) is 5.88. The van der Waals surface area contributed by atoms with Crippen LogP contribution in [0.1, 0.15) is 46.4 Å². The second-order valence-electron chi connectivity index (χ2n) is 10.1. The molecule has 1 aliphatic carbocycles. The molecule has 0 radical (unpaired) electrons. The number of hydrogen-bond acceptors (Lipinski definition) is 6. The number of anilines is 1. The summed E-state index contributed by atoms with van der Waals surface area (Å²) in [7, 11) is 0. The Morgan fingerprint density at radius 1 is 0.875 bits per heavy atom. The first kappa shape index (κ1) is 26.1. The Hall–Kier alpha value is -4.17. The van der Waals surface area contributed by atoms with E-state index in [1.54, 1.807) is 66.7 Å². The van der Waals surface area contributed by atoms with Gasteiger partial charge in [-0.05, 0) is 49.2 Å². The first-order chi connectivity index (χ1) is 19.4. The van der Waals surface area contributed by atoms with E-state index in [1.165, 1.54) is 4.90 Å². The largest absolute Gasteiger partial charge is 0.454 e. The van der Waals surface area contributed by atoms with Crippen molar-refractivity contribution in [2.45, 2.75) is 25.7 Å². The first-order valence-corrected chi connectivity index (χ1v) is 14.0. The van der Waals surface area contributed by atoms with Gasteiger partial charge in [0.1, 0.15) is 0 Å². The molecule has 40 heavy (non-hydrogen) atoms. The van der Waals surface area contributed by atoms with E-state index in [2.05, 4.69) is 15.9 Å². The van der Waals surface area contributed by atoms with Gasteiger partial charge in [0.05, 0.1) is 34.3 Å². The summed E-state index contributed by atoms with van der Waals surface area (Å²) in [5.74, 6) is -1.60. The van der Waals surface area contributed by atoms with Crippen LogP contribution in [0, 0.1) is 11.8 Å². The highest BCUT2D eigenvalue weighted by molar-refractivity contribution is 9.10. The van der Waals surface area contributed by atoms with Gasteiger partial charge in [-0.15, -0.1) is 0 Å². The summed E-state index contributed by atoms with van der Waals surface area (Å²) in [4.78, 5) is 57.8. The quantitative estimate of drug-likeness (QED) is 0.145. The fourth-order valence-electron chi connectivity index (χ4n) is 5.62. The molecule has 0 spiro atoms. The highest BCUT2D eigenvalue weighted by atomic mass is 79.9. The maximum atomic E-state index is 13.2. The summed E-state index contributed by atoms with van der Waals surface area (Å²) >= 11 is 3.34. The normalized spacial score (nSPS) is 18.6. The summed E-state index contributed by atoms with van der Waals surface area (Å²) in [5.41, 5.74) is 3.13. The van der Waals surface area contributed by atoms with Crippen LogP contribution in [0.2, 0.25) is 0 Å². The molecule has 8 heteroatoms. The number of rotatable bonds is 6. The molecule has 6 rings (SSSR count). The molecule has 2 amide bonds. The van der Waals surface area contributed by atoms with Gasteiger partial charge < -0.3 is 4.74 Å². The van der Waals surface area contributed by atoms with Crippen LogP contribution in [-0.2, 0) is 14.3 Å². The van der Waals surface area contributed by atoms with Crippen LogP contribution in [0.25, 0.3) is 22.2 Å². The molecular formula is C32H25BrN2O5. The highest BCUT2D eigenvalue weighted by Gasteiger charge is 2.48. The van der Waals surface area contributed by atoms with Crippen LogP contribution in [0.15, 0.2) is 83.3 Å². The smallest absolute Gasteiger partial charge is 0.339 e. The number of fused-ring (bicyclic) bond motifs is 2. The molecule has 2 atom stereocenters. The SMILES string of the molecule is O=C(COC(=O)c1cc(-c2ccc(N3C(=O)C4CCCCC4C3=O)cc2)nc2ccccc12)c1ccc(Br)cc1. The third-order valence-corrected chi connectivity index (χ3v) is 8.23. The van der Waals surface area contributed by atoms with E-state index < -0.39 is 5.97 Å². The van der Waals surface area contributed by atoms with E-state index in [4.69, 9.17) is 9.72 Å². The van der Waals surface area contributed by atoms with Gasteiger partial charge in [-0.1, -0.05) is 71.2 Å². The van der Waals surface area contributed by atoms with Crippen LogP contribution in [0.5, 0.6) is 0 Å². The Labute approximate surface area is 239 Å². The van der Waals surface area contributed by atoms with E-state index in [-0.39, 0.29) is 36.0 Å². The Balaban J connectivity index is 1.26. The number of Topliss-reactive ketones (excluding diaryl/α,β-unsaturated/α-hetero) is 1. The third kappa shape index (κ3) is 4.84. The highest BCUT2D eigenvalue weighted by Crippen LogP contribution is 2.40. The van der Waals surface area contributed by atoms with Gasteiger partial charge in [-0.3, -0.25) is 19.3 Å². The maximum absolute atomic E-state index is 13.2. The second-order valence-corrected chi connectivity index (χ2v) is 11.1. The molecule has 3 aromatic carbocycles. The van der Waals surface area contributed by atoms with Crippen LogP contribution in [0.3, 0.4) is 0 Å². The first-order valence-electron chi connectivity index (χ1n) is 13.2. The lowest BCUT2D eigenvalue weighted by Gasteiger charge is -2.19. The van der Waals surface area contributed by atoms with Crippen molar-refractivity contribution in [3.63, 3.8) is 0 Å². The molecule has 4 aromatic rings. The number of aromatic nitrogens is 1. The van der Waals surface area contributed by atoms with Crippen LogP contribution >= 0.6 is 15.9 Å². The van der Waals surface area contributed by atoms with Crippen molar-refractivity contribution >= 4 is 56.1 Å². The number of benzene rings is 3. The zero-order valence-electron chi connectivity index (χ0n) is 21.5. The molecule has 1 aliphatic heterocycles. The average molecular weight is 597 g/mol. The lowest BCUT2D eigenvalue weighted by Crippen LogP contribution is -2.30. The molecule has 1 saturated carbocycles. The molecule has 0 N–H and O–H groups in total. The molecule has 2 heterocycles. The fraction of sp³-hybridized carbons (Fsp3) is 0.219. The maximum Gasteiger partial charge on any atom is 0.339 e. The van der Waals surface area contributed by atoms with Gasteiger partial charge in [-0.25, -0.2) is 9.78 Å². The van der Waals surface area contributed by atoms with Crippen molar-refractivity contribution in [3.8, 4) is 11.3 Å². The number of esters is 1. The van der Waals surface area contributed by atoms with Gasteiger partial charge >= 0.3 is 5.97 Å². The van der Waals surface area contributed by atoms with Crippen molar-refractivity contribution in [3.05, 3.63) is 94.5 Å². The van der Waals surface area contributed by atoms with Crippen molar-refractivity contribution in [1.82, 2.24) is 4.98 Å². The number of amides is 2. The van der Waals surface area contributed by atoms with Gasteiger partial charge in [0, 0.05) is 21.0 Å². The molecule has 7 nitrogen and oxygen atoms in total. The minimum atomic E-state index is -0.627. The number of ether oxygens (including phenoxy) is 1. The number of pyridine rings is 1. The topological polar surface area (TPSA) is 93.6 Å². The minimum absolute atomic E-state index is 0.117. The Morgan fingerprint density at radius 3 is 2.20 bits per heavy atom. The number of para-hydroxylation sites is 1. The van der Waals surface area contributed by atoms with E-state index in [0.29, 0.717) is 39.0 Å². The molecule has 0 bridgehead atoms. The Kier molecular flexibility index (Phi) is 7.02. The summed E-state index contributed by atoms with van der Waals surface area (Å²) in [5, 5.41) is 0.611. The summed E-state index contributed by atoms with van der Waals surface area (Å²) in [6.45, 7) is -0.388. The van der Waals surface area contributed by atoms with Crippen LogP contribution in [0.4, 0.5) is 5.69 Å². The van der Waals surface area contributed by atoms with E-state index in [0.717, 1.165) is 30.2 Å². The van der Waals surface area contributed by atoms with E-state index >= 15 is 0 Å². The summed E-state index contributed by atoms with van der Waals surface area (Å²) in [6.07, 6.45) is 3.48. The average Bonchev–Trinajstić information content (AvgIpc) is 3.25. The summed E-state index contributed by atoms with van der Waals surface area (Å²) in [6, 6.07) is 22.8. The number of hydrogen-bond donors (Lipinski definition) is 0. The lowest BCUT2D eigenvalue weighted by atomic mass is 9.81. The van der Waals surface area contributed by atoms with Crippen molar-refractivity contribution in [1.29, 1.82) is 0 Å². The number of carbonyl (C=O) groups excluding carboxylic acids is 4. The number of ketones is 1. The molecule has 2 unspecified atom stereocenters. The zero-order valence-corrected chi connectivity index (χ0v) is 23.1. The zero-order chi connectivity index (χ0) is 27.8. The number of halogens is 1. The summed E-state index contributed by atoms with van der Waals surface area (Å²) < 4.78 is 6.27. The van der Waals surface area contributed by atoms with Crippen molar-refractivity contribution < 1.29 is 23.9 Å². The second kappa shape index (κ2) is 10.8. The van der Waals surface area contributed by atoms with Crippen LogP contribution in [-0.4, -0.2) is 35.2 Å². The molecule has 2 fully saturated rings. The Morgan fingerprint density at radius 2 is 1.52 bits per heavy atom. The standard InChI is InChI=1S/C32H25BrN2O5/c33-21-13-9-20(10-14-21)29(36)18-40-32(39)26-17-28(34-27-8-4-3-5-23(26)27)19-11-15-22(16-12-19)35-30(37)24-6-1-2-7-25(24)31(35)38/h3-5,8-17,24-25H,1-2,6-7,18H2. The lowest BCUT2D eigenvalue weighted by molar-refractivity contribution is -0.122. The van der Waals surface area contributed by atoms with Crippen LogP contribution < -0.4 is 4.90 Å². The molecule has 1 saturated heterocycles. The number of carbonyl (C=O) groups is 4.